The van der Waals surface area contributed by atoms with Gasteiger partial charge in [0.15, 0.2) is 0 Å². The van der Waals surface area contributed by atoms with E-state index < -0.39 is 0 Å². The van der Waals surface area contributed by atoms with Crippen molar-refractivity contribution in [2.24, 2.45) is 0 Å². The second kappa shape index (κ2) is 10.6. The number of hydrogen-bond donors (Lipinski definition) is 0. The molecule has 1 aliphatic rings. The van der Waals surface area contributed by atoms with Crippen LogP contribution in [0.5, 0.6) is 5.75 Å². The van der Waals surface area contributed by atoms with Crippen molar-refractivity contribution in [2.45, 2.75) is 6.54 Å². The van der Waals surface area contributed by atoms with Gasteiger partial charge in [0.1, 0.15) is 12.4 Å². The van der Waals surface area contributed by atoms with Crippen molar-refractivity contribution < 1.29 is 14.3 Å². The predicted molar refractivity (Wildman–Crippen MR) is 147 cm³/mol. The monoisotopic (exact) mass is 556 g/mol. The molecule has 4 aromatic rings. The van der Waals surface area contributed by atoms with E-state index in [9.17, 15) is 9.59 Å². The minimum Gasteiger partial charge on any atom is -0.490 e. The summed E-state index contributed by atoms with van der Waals surface area (Å²) in [6, 6.07) is 20.4. The molecule has 1 saturated heterocycles. The number of benzene rings is 3. The number of para-hydroxylation sites is 2. The average molecular weight is 558 g/mol. The van der Waals surface area contributed by atoms with Gasteiger partial charge in [-0.1, -0.05) is 71.2 Å². The molecule has 0 N–H and O–H groups in total. The summed E-state index contributed by atoms with van der Waals surface area (Å²) in [4.78, 5) is 27.2. The lowest BCUT2D eigenvalue weighted by Crippen LogP contribution is -2.32. The zero-order valence-electron chi connectivity index (χ0n) is 18.8. The Morgan fingerprint density at radius 1 is 0.917 bits per heavy atom. The van der Waals surface area contributed by atoms with E-state index in [1.54, 1.807) is 42.5 Å². The van der Waals surface area contributed by atoms with Gasteiger partial charge in [0.05, 0.1) is 16.5 Å². The zero-order valence-corrected chi connectivity index (χ0v) is 21.9. The van der Waals surface area contributed by atoms with E-state index in [1.165, 1.54) is 4.90 Å². The highest BCUT2D eigenvalue weighted by molar-refractivity contribution is 8.18. The Morgan fingerprint density at radius 3 is 2.50 bits per heavy atom. The predicted octanol–water partition coefficient (Wildman–Crippen LogP) is 7.77. The van der Waals surface area contributed by atoms with Gasteiger partial charge < -0.3 is 9.30 Å². The summed E-state index contributed by atoms with van der Waals surface area (Å²) in [5, 5.41) is 2.28. The van der Waals surface area contributed by atoms with Crippen LogP contribution in [-0.2, 0) is 11.3 Å². The van der Waals surface area contributed by atoms with Crippen LogP contribution in [0, 0.1) is 0 Å². The molecular weight excluding hydrogens is 539 g/mol. The molecule has 3 aromatic carbocycles. The van der Waals surface area contributed by atoms with Crippen molar-refractivity contribution in [3.63, 3.8) is 0 Å². The quantitative estimate of drug-likeness (QED) is 0.218. The molecule has 5 rings (SSSR count). The Morgan fingerprint density at radius 2 is 1.69 bits per heavy atom. The molecule has 1 aromatic heterocycles. The van der Waals surface area contributed by atoms with E-state index in [4.69, 9.17) is 39.5 Å². The Balaban J connectivity index is 1.37. The number of hydrogen-bond acceptors (Lipinski definition) is 4. The molecule has 0 saturated carbocycles. The van der Waals surface area contributed by atoms with Gasteiger partial charge in [-0.05, 0) is 53.7 Å². The van der Waals surface area contributed by atoms with E-state index in [2.05, 4.69) is 4.57 Å². The Bertz CT molecular complexity index is 1520. The lowest BCUT2D eigenvalue weighted by molar-refractivity contribution is -0.123. The van der Waals surface area contributed by atoms with Crippen LogP contribution in [-0.4, -0.2) is 33.8 Å². The van der Waals surface area contributed by atoms with Gasteiger partial charge in [-0.2, -0.15) is 0 Å². The molecular formula is C27H19Cl3N2O3S. The summed E-state index contributed by atoms with van der Waals surface area (Å²) < 4.78 is 7.72. The molecule has 5 nitrogen and oxygen atoms in total. The van der Waals surface area contributed by atoms with Gasteiger partial charge >= 0.3 is 0 Å². The van der Waals surface area contributed by atoms with Gasteiger partial charge in [0.25, 0.3) is 11.1 Å². The lowest BCUT2D eigenvalue weighted by atomic mass is 10.1. The van der Waals surface area contributed by atoms with E-state index in [0.29, 0.717) is 32.3 Å². The van der Waals surface area contributed by atoms with E-state index >= 15 is 0 Å². The molecule has 2 heterocycles. The summed E-state index contributed by atoms with van der Waals surface area (Å²) in [5.74, 6) is 0.167. The Hall–Kier alpha value is -2.90. The van der Waals surface area contributed by atoms with E-state index in [1.807, 2.05) is 36.5 Å². The van der Waals surface area contributed by atoms with Crippen molar-refractivity contribution >= 4 is 74.7 Å². The van der Waals surface area contributed by atoms with E-state index in [0.717, 1.165) is 33.8 Å². The molecule has 0 unspecified atom stereocenters. The number of ether oxygens (including phenoxy) is 1. The first-order chi connectivity index (χ1) is 17.4. The fourth-order valence-corrected chi connectivity index (χ4v) is 5.51. The number of nitrogens with zero attached hydrogens (tertiary/aromatic N) is 2. The molecule has 182 valence electrons. The maximum absolute atomic E-state index is 13.0. The van der Waals surface area contributed by atoms with Gasteiger partial charge in [0.2, 0.25) is 0 Å². The fourth-order valence-electron chi connectivity index (χ4n) is 4.00. The summed E-state index contributed by atoms with van der Waals surface area (Å²) in [5.41, 5.74) is 2.75. The SMILES string of the molecule is O=C1S/C(=C\c2cn(Cc3ccc(Cl)cc3Cl)c3ccccc23)C(=O)N1CCOc1ccccc1Cl. The molecule has 0 bridgehead atoms. The maximum Gasteiger partial charge on any atom is 0.293 e. The number of rotatable bonds is 7. The number of thioether (sulfide) groups is 1. The van der Waals surface area contributed by atoms with Crippen molar-refractivity contribution in [1.82, 2.24) is 9.47 Å². The zero-order chi connectivity index (χ0) is 25.2. The summed E-state index contributed by atoms with van der Waals surface area (Å²) in [6.07, 6.45) is 3.73. The van der Waals surface area contributed by atoms with Crippen molar-refractivity contribution in [1.29, 1.82) is 0 Å². The first kappa shape index (κ1) is 24.8. The van der Waals surface area contributed by atoms with Crippen molar-refractivity contribution in [3.05, 3.63) is 104 Å². The van der Waals surface area contributed by atoms with Crippen LogP contribution in [0.2, 0.25) is 15.1 Å². The van der Waals surface area contributed by atoms with Gasteiger partial charge in [-0.15, -0.1) is 0 Å². The first-order valence-electron chi connectivity index (χ1n) is 11.1. The van der Waals surface area contributed by atoms with Crippen LogP contribution < -0.4 is 4.74 Å². The van der Waals surface area contributed by atoms with Crippen LogP contribution in [0.3, 0.4) is 0 Å². The molecule has 36 heavy (non-hydrogen) atoms. The molecule has 9 heteroatoms. The van der Waals surface area contributed by atoms with Crippen molar-refractivity contribution in [2.75, 3.05) is 13.2 Å². The standard InChI is InChI=1S/C27H19Cl3N2O3S/c28-19-10-9-17(22(30)14-19)15-31-16-18(20-5-1-3-7-23(20)31)13-25-26(33)32(27(34)36-25)11-12-35-24-8-4-2-6-21(24)29/h1-10,13-14,16H,11-12,15H2/b25-13-. The molecule has 1 fully saturated rings. The lowest BCUT2D eigenvalue weighted by Gasteiger charge is -2.13. The Kier molecular flexibility index (Phi) is 7.30. The van der Waals surface area contributed by atoms with Crippen LogP contribution >= 0.6 is 46.6 Å². The third-order valence-corrected chi connectivity index (χ3v) is 7.55. The average Bonchev–Trinajstić information content (AvgIpc) is 3.34. The van der Waals surface area contributed by atoms with Crippen LogP contribution in [0.4, 0.5) is 4.79 Å². The highest BCUT2D eigenvalue weighted by Gasteiger charge is 2.35. The number of aromatic nitrogens is 1. The summed E-state index contributed by atoms with van der Waals surface area (Å²) >= 11 is 19.5. The van der Waals surface area contributed by atoms with Crippen LogP contribution in [0.15, 0.2) is 77.8 Å². The van der Waals surface area contributed by atoms with E-state index in [-0.39, 0.29) is 24.3 Å². The topological polar surface area (TPSA) is 51.5 Å². The molecule has 0 radical (unpaired) electrons. The minimum absolute atomic E-state index is 0.129. The first-order valence-corrected chi connectivity index (χ1v) is 13.0. The van der Waals surface area contributed by atoms with Crippen LogP contribution in [0.25, 0.3) is 17.0 Å². The third kappa shape index (κ3) is 5.13. The second-order valence-corrected chi connectivity index (χ2v) is 10.3. The fraction of sp³-hybridized carbons (Fsp3) is 0.111. The third-order valence-electron chi connectivity index (χ3n) is 5.74. The summed E-state index contributed by atoms with van der Waals surface area (Å²) in [6.45, 7) is 0.811. The van der Waals surface area contributed by atoms with Gasteiger partial charge in [-0.25, -0.2) is 0 Å². The highest BCUT2D eigenvalue weighted by Crippen LogP contribution is 2.35. The van der Waals surface area contributed by atoms with Gasteiger partial charge in [0, 0.05) is 39.3 Å². The number of halogens is 3. The molecule has 2 amide bonds. The molecule has 0 atom stereocenters. The number of carbonyl (C=O) groups excluding carboxylic acids is 2. The highest BCUT2D eigenvalue weighted by atomic mass is 35.5. The molecule has 1 aliphatic heterocycles. The Labute approximate surface area is 227 Å². The minimum atomic E-state index is -0.342. The molecule has 0 aliphatic carbocycles. The van der Waals surface area contributed by atoms with Crippen molar-refractivity contribution in [3.8, 4) is 5.75 Å². The number of imide groups is 1. The van der Waals surface area contributed by atoms with Crippen LogP contribution in [0.1, 0.15) is 11.1 Å². The van der Waals surface area contributed by atoms with Gasteiger partial charge in [-0.3, -0.25) is 14.5 Å². The number of amides is 2. The maximum atomic E-state index is 13.0. The number of carbonyl (C=O) groups is 2. The second-order valence-electron chi connectivity index (χ2n) is 8.08. The normalized spacial score (nSPS) is 14.9. The summed E-state index contributed by atoms with van der Waals surface area (Å²) in [7, 11) is 0. The smallest absolute Gasteiger partial charge is 0.293 e. The number of fused-ring (bicyclic) bond motifs is 1. The molecule has 0 spiro atoms. The largest absolute Gasteiger partial charge is 0.490 e.